The van der Waals surface area contributed by atoms with E-state index in [1.54, 1.807) is 24.3 Å². The average molecular weight is 269 g/mol. The number of rotatable bonds is 4. The molecule has 0 spiro atoms. The van der Waals surface area contributed by atoms with Gasteiger partial charge in [0.15, 0.2) is 0 Å². The number of hydrogen-bond donors (Lipinski definition) is 0. The van der Waals surface area contributed by atoms with Crippen molar-refractivity contribution in [1.29, 1.82) is 0 Å². The second kappa shape index (κ2) is 6.67. The third-order valence-electron chi connectivity index (χ3n) is 1.75. The molecule has 0 fully saturated rings. The summed E-state index contributed by atoms with van der Waals surface area (Å²) in [5.41, 5.74) is 1.01. The second-order valence-electron chi connectivity index (χ2n) is 3.17. The van der Waals surface area contributed by atoms with Crippen LogP contribution >= 0.6 is 0 Å². The van der Waals surface area contributed by atoms with E-state index in [9.17, 15) is 18.4 Å². The van der Waals surface area contributed by atoms with Crippen molar-refractivity contribution in [3.8, 4) is 5.75 Å². The standard InChI is InChI=1S/C11H10O6S/c1-8-2-4-9(5-3-8)16-10(12)6-7-11(13)17-18(14)15/h2-7H,1H3,(H,14,15)/p-1. The van der Waals surface area contributed by atoms with Crippen molar-refractivity contribution in [2.24, 2.45) is 0 Å². The van der Waals surface area contributed by atoms with Crippen LogP contribution in [0.15, 0.2) is 36.4 Å². The largest absolute Gasteiger partial charge is 0.740 e. The molecule has 0 N–H and O–H groups in total. The first-order chi connectivity index (χ1) is 8.47. The number of aryl methyl sites for hydroxylation is 1. The van der Waals surface area contributed by atoms with E-state index in [-0.39, 0.29) is 0 Å². The lowest BCUT2D eigenvalue weighted by Gasteiger charge is -2.02. The fourth-order valence-electron chi connectivity index (χ4n) is 0.987. The molecule has 0 aliphatic carbocycles. The van der Waals surface area contributed by atoms with Gasteiger partial charge in [-0.2, -0.15) is 0 Å². The molecule has 1 atom stereocenters. The molecule has 6 nitrogen and oxygen atoms in total. The summed E-state index contributed by atoms with van der Waals surface area (Å²) in [6.07, 6.45) is 1.43. The van der Waals surface area contributed by atoms with Gasteiger partial charge in [0.25, 0.3) is 0 Å². The van der Waals surface area contributed by atoms with Gasteiger partial charge >= 0.3 is 11.9 Å². The Labute approximate surface area is 106 Å². The van der Waals surface area contributed by atoms with Gasteiger partial charge in [-0.25, -0.2) is 13.8 Å². The molecule has 18 heavy (non-hydrogen) atoms. The molecule has 0 saturated carbocycles. The van der Waals surface area contributed by atoms with Crippen LogP contribution in [0.1, 0.15) is 5.56 Å². The number of ether oxygens (including phenoxy) is 1. The van der Waals surface area contributed by atoms with Crippen LogP contribution < -0.4 is 4.74 Å². The number of esters is 1. The SMILES string of the molecule is Cc1ccc(OC(=O)C=CC(=O)OS(=O)[O-])cc1. The Balaban J connectivity index is 2.51. The summed E-state index contributed by atoms with van der Waals surface area (Å²) in [6.45, 7) is 1.88. The smallest absolute Gasteiger partial charge is 0.344 e. The van der Waals surface area contributed by atoms with Crippen LogP contribution in [0.5, 0.6) is 5.75 Å². The van der Waals surface area contributed by atoms with Crippen LogP contribution in [-0.2, 0) is 25.1 Å². The van der Waals surface area contributed by atoms with Crippen molar-refractivity contribution in [3.63, 3.8) is 0 Å². The molecule has 0 radical (unpaired) electrons. The van der Waals surface area contributed by atoms with E-state index in [1.807, 2.05) is 6.92 Å². The molecule has 7 heteroatoms. The van der Waals surface area contributed by atoms with E-state index < -0.39 is 23.3 Å². The maximum atomic E-state index is 11.2. The Morgan fingerprint density at radius 3 is 2.28 bits per heavy atom. The lowest BCUT2D eigenvalue weighted by molar-refractivity contribution is -0.131. The molecule has 1 rings (SSSR count). The van der Waals surface area contributed by atoms with Crippen molar-refractivity contribution in [2.45, 2.75) is 6.92 Å². The van der Waals surface area contributed by atoms with Gasteiger partial charge in [0.1, 0.15) is 17.1 Å². The molecule has 1 unspecified atom stereocenters. The first-order valence-electron chi connectivity index (χ1n) is 4.75. The highest BCUT2D eigenvalue weighted by Crippen LogP contribution is 2.11. The van der Waals surface area contributed by atoms with Gasteiger partial charge in [0, 0.05) is 12.2 Å². The highest BCUT2D eigenvalue weighted by atomic mass is 32.2. The Morgan fingerprint density at radius 1 is 1.17 bits per heavy atom. The normalized spacial score (nSPS) is 12.1. The van der Waals surface area contributed by atoms with E-state index in [0.717, 1.165) is 11.6 Å². The predicted molar refractivity (Wildman–Crippen MR) is 61.0 cm³/mol. The lowest BCUT2D eigenvalue weighted by atomic mass is 10.2. The van der Waals surface area contributed by atoms with Crippen molar-refractivity contribution in [3.05, 3.63) is 42.0 Å². The molecule has 0 aliphatic heterocycles. The van der Waals surface area contributed by atoms with Crippen LogP contribution in [0.2, 0.25) is 0 Å². The molecular formula is C11H9O6S-. The topological polar surface area (TPSA) is 92.7 Å². The summed E-state index contributed by atoms with van der Waals surface area (Å²) in [7, 11) is 0. The van der Waals surface area contributed by atoms with Gasteiger partial charge in [0.05, 0.1) is 0 Å². The van der Waals surface area contributed by atoms with Crippen LogP contribution in [0.3, 0.4) is 0 Å². The van der Waals surface area contributed by atoms with Gasteiger partial charge < -0.3 is 13.5 Å². The Kier molecular flexibility index (Phi) is 5.22. The van der Waals surface area contributed by atoms with Gasteiger partial charge in [-0.05, 0) is 19.1 Å². The Hall–Kier alpha value is -1.99. The van der Waals surface area contributed by atoms with Crippen molar-refractivity contribution < 1.29 is 27.3 Å². The minimum Gasteiger partial charge on any atom is -0.740 e. The van der Waals surface area contributed by atoms with Gasteiger partial charge in [-0.3, -0.25) is 0 Å². The first-order valence-corrected chi connectivity index (χ1v) is 5.75. The molecular weight excluding hydrogens is 260 g/mol. The molecule has 0 amide bonds. The van der Waals surface area contributed by atoms with E-state index >= 15 is 0 Å². The van der Waals surface area contributed by atoms with Gasteiger partial charge in [0.2, 0.25) is 0 Å². The number of carbonyl (C=O) groups is 2. The predicted octanol–water partition coefficient (Wildman–Crippen LogP) is 0.794. The van der Waals surface area contributed by atoms with E-state index in [1.165, 1.54) is 0 Å². The van der Waals surface area contributed by atoms with Gasteiger partial charge in [-0.1, -0.05) is 17.7 Å². The quantitative estimate of drug-likeness (QED) is 0.347. The lowest BCUT2D eigenvalue weighted by Crippen LogP contribution is -2.07. The van der Waals surface area contributed by atoms with Crippen LogP contribution in [-0.4, -0.2) is 20.7 Å². The Morgan fingerprint density at radius 2 is 1.72 bits per heavy atom. The zero-order valence-corrected chi connectivity index (χ0v) is 10.1. The van der Waals surface area contributed by atoms with E-state index in [0.29, 0.717) is 11.8 Å². The highest BCUT2D eigenvalue weighted by molar-refractivity contribution is 7.74. The maximum Gasteiger partial charge on any atom is 0.344 e. The van der Waals surface area contributed by atoms with E-state index in [4.69, 9.17) is 4.74 Å². The van der Waals surface area contributed by atoms with Crippen molar-refractivity contribution in [2.75, 3.05) is 0 Å². The molecule has 96 valence electrons. The summed E-state index contributed by atoms with van der Waals surface area (Å²) < 4.78 is 28.6. The number of carbonyl (C=O) groups excluding carboxylic acids is 2. The minimum absolute atomic E-state index is 0.316. The zero-order valence-electron chi connectivity index (χ0n) is 9.32. The van der Waals surface area contributed by atoms with Crippen LogP contribution in [0.25, 0.3) is 0 Å². The summed E-state index contributed by atoms with van der Waals surface area (Å²) >= 11 is -2.95. The molecule has 0 heterocycles. The number of benzene rings is 1. The average Bonchev–Trinajstić information content (AvgIpc) is 2.29. The minimum atomic E-state index is -2.95. The number of hydrogen-bond acceptors (Lipinski definition) is 6. The third-order valence-corrected chi connectivity index (χ3v) is 2.05. The summed E-state index contributed by atoms with van der Waals surface area (Å²) in [4.78, 5) is 22.0. The van der Waals surface area contributed by atoms with Crippen molar-refractivity contribution >= 4 is 23.3 Å². The zero-order chi connectivity index (χ0) is 13.5. The molecule has 0 bridgehead atoms. The van der Waals surface area contributed by atoms with Crippen LogP contribution in [0.4, 0.5) is 0 Å². The maximum absolute atomic E-state index is 11.2. The Bertz CT molecular complexity index is 491. The van der Waals surface area contributed by atoms with Crippen LogP contribution in [0, 0.1) is 6.92 Å². The summed E-state index contributed by atoms with van der Waals surface area (Å²) in [5.74, 6) is -1.67. The molecule has 1 aromatic rings. The summed E-state index contributed by atoms with van der Waals surface area (Å²) in [6, 6.07) is 6.68. The fraction of sp³-hybridized carbons (Fsp3) is 0.0909. The molecule has 0 aliphatic rings. The van der Waals surface area contributed by atoms with Gasteiger partial charge in [-0.15, -0.1) is 0 Å². The third kappa shape index (κ3) is 5.37. The molecule has 1 aromatic carbocycles. The highest BCUT2D eigenvalue weighted by Gasteiger charge is 2.02. The second-order valence-corrected chi connectivity index (χ2v) is 3.75. The van der Waals surface area contributed by atoms with Crippen molar-refractivity contribution in [1.82, 2.24) is 0 Å². The first kappa shape index (κ1) is 14.1. The van der Waals surface area contributed by atoms with E-state index in [2.05, 4.69) is 4.18 Å². The monoisotopic (exact) mass is 269 g/mol. The molecule has 0 saturated heterocycles. The summed E-state index contributed by atoms with van der Waals surface area (Å²) in [5, 5.41) is 0. The fourth-order valence-corrected chi connectivity index (χ4v) is 1.18. The molecule has 0 aromatic heterocycles.